The Labute approximate surface area is 218 Å². The number of hydrogen-bond acceptors (Lipinski definition) is 9. The van der Waals surface area contributed by atoms with Gasteiger partial charge in [-0.2, -0.15) is 0 Å². The second-order valence-electron chi connectivity index (χ2n) is 10.3. The SMILES string of the molecule is COc1ccc2ncc(F)c(C(C=O)CC34CCC(NCc5ccc6c(n5)NC(=O)CO6)(CC3)CO4)c2n1. The Hall–Kier alpha value is -3.70. The molecule has 1 saturated carbocycles. The molecule has 3 fully saturated rings. The Balaban J connectivity index is 1.15. The Kier molecular flexibility index (Phi) is 6.19. The third-order valence-corrected chi connectivity index (χ3v) is 7.96. The van der Waals surface area contributed by atoms with Crippen molar-refractivity contribution < 1.29 is 28.2 Å². The highest BCUT2D eigenvalue weighted by molar-refractivity contribution is 5.94. The van der Waals surface area contributed by atoms with Crippen molar-refractivity contribution >= 4 is 29.0 Å². The monoisotopic (exact) mass is 521 g/mol. The second-order valence-corrected chi connectivity index (χ2v) is 10.3. The third kappa shape index (κ3) is 4.45. The summed E-state index contributed by atoms with van der Waals surface area (Å²) in [5, 5.41) is 6.35. The molecule has 1 amide bonds. The lowest BCUT2D eigenvalue weighted by Gasteiger charge is -2.54. The Morgan fingerprint density at radius 1 is 1.21 bits per heavy atom. The summed E-state index contributed by atoms with van der Waals surface area (Å²) in [5.41, 5.74) is 1.14. The van der Waals surface area contributed by atoms with E-state index in [0.29, 0.717) is 48.1 Å². The van der Waals surface area contributed by atoms with Crippen LogP contribution in [0, 0.1) is 5.82 Å². The van der Waals surface area contributed by atoms with Gasteiger partial charge in [0.05, 0.1) is 42.2 Å². The van der Waals surface area contributed by atoms with Crippen molar-refractivity contribution in [3.8, 4) is 11.6 Å². The van der Waals surface area contributed by atoms with Crippen LogP contribution in [-0.4, -0.2) is 58.6 Å². The van der Waals surface area contributed by atoms with Crippen LogP contribution in [0.25, 0.3) is 11.0 Å². The summed E-state index contributed by atoms with van der Waals surface area (Å²) in [6.07, 6.45) is 5.50. The van der Waals surface area contributed by atoms with Crippen molar-refractivity contribution in [2.45, 2.75) is 55.7 Å². The molecule has 0 aromatic carbocycles. The van der Waals surface area contributed by atoms with Crippen LogP contribution in [0.15, 0.2) is 30.5 Å². The molecule has 3 aliphatic heterocycles. The summed E-state index contributed by atoms with van der Waals surface area (Å²) in [6.45, 7) is 0.987. The van der Waals surface area contributed by atoms with Crippen LogP contribution in [0.4, 0.5) is 10.2 Å². The van der Waals surface area contributed by atoms with Gasteiger partial charge in [0.2, 0.25) is 5.88 Å². The number of aromatic nitrogens is 3. The number of anilines is 1. The molecule has 1 aliphatic carbocycles. The normalized spacial score (nSPS) is 24.8. The molecule has 11 heteroatoms. The first-order valence-corrected chi connectivity index (χ1v) is 12.7. The van der Waals surface area contributed by atoms with E-state index in [1.807, 2.05) is 12.1 Å². The van der Waals surface area contributed by atoms with Crippen LogP contribution in [0.2, 0.25) is 0 Å². The number of halogens is 1. The maximum Gasteiger partial charge on any atom is 0.263 e. The molecule has 198 valence electrons. The van der Waals surface area contributed by atoms with Crippen molar-refractivity contribution in [1.82, 2.24) is 20.3 Å². The molecule has 1 atom stereocenters. The average Bonchev–Trinajstić information content (AvgIpc) is 2.95. The molecule has 4 aliphatic rings. The number of hydrogen-bond donors (Lipinski definition) is 2. The summed E-state index contributed by atoms with van der Waals surface area (Å²) in [6, 6.07) is 7.06. The third-order valence-electron chi connectivity index (χ3n) is 7.96. The van der Waals surface area contributed by atoms with Crippen molar-refractivity contribution in [2.75, 3.05) is 25.6 Å². The smallest absolute Gasteiger partial charge is 0.263 e. The molecule has 10 nitrogen and oxygen atoms in total. The molecule has 1 unspecified atom stereocenters. The quantitative estimate of drug-likeness (QED) is 0.430. The molecular weight excluding hydrogens is 493 g/mol. The lowest BCUT2D eigenvalue weighted by molar-refractivity contribution is -0.168. The predicted octanol–water partition coefficient (Wildman–Crippen LogP) is 3.05. The minimum atomic E-state index is -0.726. The predicted molar refractivity (Wildman–Crippen MR) is 135 cm³/mol. The number of ether oxygens (including phenoxy) is 3. The second kappa shape index (κ2) is 9.55. The van der Waals surface area contributed by atoms with Gasteiger partial charge >= 0.3 is 0 Å². The zero-order chi connectivity index (χ0) is 26.3. The van der Waals surface area contributed by atoms with Gasteiger partial charge in [-0.25, -0.2) is 14.4 Å². The van der Waals surface area contributed by atoms with Crippen LogP contribution in [0.1, 0.15) is 49.3 Å². The number of pyridine rings is 3. The number of aldehydes is 1. The summed E-state index contributed by atoms with van der Waals surface area (Å²) >= 11 is 0. The number of nitrogens with one attached hydrogen (secondary N) is 2. The fraction of sp³-hybridized carbons (Fsp3) is 0.444. The molecule has 6 heterocycles. The largest absolute Gasteiger partial charge is 0.481 e. The van der Waals surface area contributed by atoms with Crippen molar-refractivity contribution in [3.63, 3.8) is 0 Å². The summed E-state index contributed by atoms with van der Waals surface area (Å²) in [7, 11) is 1.49. The van der Waals surface area contributed by atoms with Crippen LogP contribution >= 0.6 is 0 Å². The number of fused-ring (bicyclic) bond motifs is 5. The first kappa shape index (κ1) is 24.6. The van der Waals surface area contributed by atoms with E-state index >= 15 is 4.39 Å². The standard InChI is InChI=1S/C27H28FN5O5/c1-36-22-5-3-19-24(33-22)23(18(28)12-29-19)16(13-34)10-27-8-6-26(7-9-27,15-38-27)30-11-17-2-4-20-25(31-17)32-21(35)14-37-20/h2-5,12-13,16,30H,6-11,14-15H2,1H3,(H,31,32,35). The maximum absolute atomic E-state index is 15.0. The van der Waals surface area contributed by atoms with Crippen LogP contribution in [0.5, 0.6) is 11.6 Å². The van der Waals surface area contributed by atoms with Crippen LogP contribution in [0.3, 0.4) is 0 Å². The number of carbonyl (C=O) groups is 2. The Morgan fingerprint density at radius 2 is 2.05 bits per heavy atom. The summed E-state index contributed by atoms with van der Waals surface area (Å²) in [5.74, 6) is -0.180. The van der Waals surface area contributed by atoms with Gasteiger partial charge < -0.3 is 29.6 Å². The van der Waals surface area contributed by atoms with E-state index in [1.54, 1.807) is 12.1 Å². The molecule has 3 aromatic rings. The molecule has 0 spiro atoms. The van der Waals surface area contributed by atoms with E-state index in [4.69, 9.17) is 14.2 Å². The zero-order valence-electron chi connectivity index (χ0n) is 21.0. The molecule has 2 N–H and O–H groups in total. The highest BCUT2D eigenvalue weighted by atomic mass is 19.1. The van der Waals surface area contributed by atoms with Gasteiger partial charge in [-0.1, -0.05) is 0 Å². The number of amides is 1. The Morgan fingerprint density at radius 3 is 2.79 bits per heavy atom. The first-order chi connectivity index (χ1) is 18.4. The lowest BCUT2D eigenvalue weighted by Crippen LogP contribution is -2.61. The molecule has 38 heavy (non-hydrogen) atoms. The maximum atomic E-state index is 15.0. The topological polar surface area (TPSA) is 125 Å². The Bertz CT molecular complexity index is 1390. The van der Waals surface area contributed by atoms with E-state index < -0.39 is 17.3 Å². The van der Waals surface area contributed by atoms with Gasteiger partial charge in [-0.3, -0.25) is 9.78 Å². The lowest BCUT2D eigenvalue weighted by atomic mass is 9.67. The van der Waals surface area contributed by atoms with Crippen molar-refractivity contribution in [1.29, 1.82) is 0 Å². The number of nitrogens with zero attached hydrogens (tertiary/aromatic N) is 3. The number of methoxy groups -OCH3 is 1. The van der Waals surface area contributed by atoms with Gasteiger partial charge in [-0.05, 0) is 50.3 Å². The first-order valence-electron chi connectivity index (χ1n) is 12.7. The van der Waals surface area contributed by atoms with Gasteiger partial charge in [0.15, 0.2) is 18.2 Å². The fourth-order valence-corrected chi connectivity index (χ4v) is 5.77. The van der Waals surface area contributed by atoms with E-state index in [1.165, 1.54) is 7.11 Å². The van der Waals surface area contributed by atoms with Crippen molar-refractivity contribution in [2.24, 2.45) is 0 Å². The molecule has 3 aromatic heterocycles. The van der Waals surface area contributed by atoms with Crippen LogP contribution < -0.4 is 20.1 Å². The van der Waals surface area contributed by atoms with E-state index in [2.05, 4.69) is 25.6 Å². The molecule has 7 rings (SSSR count). The van der Waals surface area contributed by atoms with Crippen molar-refractivity contribution in [3.05, 3.63) is 47.5 Å². The zero-order valence-corrected chi connectivity index (χ0v) is 21.0. The van der Waals surface area contributed by atoms with E-state index in [9.17, 15) is 9.59 Å². The van der Waals surface area contributed by atoms with E-state index in [0.717, 1.165) is 43.9 Å². The minimum absolute atomic E-state index is 0.00579. The molecule has 0 radical (unpaired) electrons. The van der Waals surface area contributed by atoms with Gasteiger partial charge in [0, 0.05) is 29.6 Å². The van der Waals surface area contributed by atoms with Gasteiger partial charge in [0.1, 0.15) is 12.1 Å². The van der Waals surface area contributed by atoms with E-state index in [-0.39, 0.29) is 23.6 Å². The highest BCUT2D eigenvalue weighted by Gasteiger charge is 2.50. The molecule has 2 saturated heterocycles. The molecular formula is C27H28FN5O5. The highest BCUT2D eigenvalue weighted by Crippen LogP contribution is 2.48. The number of rotatable bonds is 8. The number of carbonyl (C=O) groups excluding carboxylic acids is 2. The summed E-state index contributed by atoms with van der Waals surface area (Å²) in [4.78, 5) is 36.9. The minimum Gasteiger partial charge on any atom is -0.481 e. The summed E-state index contributed by atoms with van der Waals surface area (Å²) < 4.78 is 32.1. The van der Waals surface area contributed by atoms with Gasteiger partial charge in [-0.15, -0.1) is 0 Å². The van der Waals surface area contributed by atoms with Gasteiger partial charge in [0.25, 0.3) is 5.91 Å². The fourth-order valence-electron chi connectivity index (χ4n) is 5.77. The van der Waals surface area contributed by atoms with Crippen LogP contribution in [-0.2, 0) is 20.9 Å². The average molecular weight is 522 g/mol. The molecule has 2 bridgehead atoms.